The van der Waals surface area contributed by atoms with Gasteiger partial charge in [0.25, 0.3) is 5.91 Å². The number of nitrogens with two attached hydrogens (primary N) is 1. The molecule has 4 rings (SSSR count). The van der Waals surface area contributed by atoms with Crippen molar-refractivity contribution in [3.63, 3.8) is 0 Å². The van der Waals surface area contributed by atoms with Crippen molar-refractivity contribution in [3.8, 4) is 10.6 Å². The van der Waals surface area contributed by atoms with Gasteiger partial charge in [0.2, 0.25) is 0 Å². The van der Waals surface area contributed by atoms with Gasteiger partial charge in [-0.05, 0) is 50.1 Å². The van der Waals surface area contributed by atoms with E-state index in [4.69, 9.17) is 22.1 Å². The maximum Gasteiger partial charge on any atom is 0.340 e. The van der Waals surface area contributed by atoms with Crippen molar-refractivity contribution >= 4 is 46.2 Å². The zero-order valence-electron chi connectivity index (χ0n) is 18.4. The summed E-state index contributed by atoms with van der Waals surface area (Å²) >= 11 is 7.35. The SMILES string of the molecule is COC(=O)c1cc(N2CCCC(NC(=O)c3sc(-c4ccc(Cl)cc4)nc3C)C2)ccc1N. The second-order valence-electron chi connectivity index (χ2n) is 7.96. The summed E-state index contributed by atoms with van der Waals surface area (Å²) in [6, 6.07) is 12.7. The topological polar surface area (TPSA) is 97.5 Å². The average molecular weight is 485 g/mol. The van der Waals surface area contributed by atoms with E-state index < -0.39 is 5.97 Å². The quantitative estimate of drug-likeness (QED) is 0.407. The third-order valence-corrected chi connectivity index (χ3v) is 7.12. The summed E-state index contributed by atoms with van der Waals surface area (Å²) in [6.07, 6.45) is 1.80. The molecule has 0 saturated carbocycles. The van der Waals surface area contributed by atoms with Crippen molar-refractivity contribution in [2.75, 3.05) is 30.8 Å². The molecule has 2 aromatic carbocycles. The molecule has 9 heteroatoms. The van der Waals surface area contributed by atoms with Crippen LogP contribution in [0, 0.1) is 6.92 Å². The normalized spacial score (nSPS) is 15.8. The Labute approximate surface area is 201 Å². The zero-order valence-corrected chi connectivity index (χ0v) is 20.0. The Hall–Kier alpha value is -3.10. The number of rotatable bonds is 5. The number of methoxy groups -OCH3 is 1. The molecule has 1 atom stereocenters. The largest absolute Gasteiger partial charge is 0.465 e. The van der Waals surface area contributed by atoms with E-state index >= 15 is 0 Å². The summed E-state index contributed by atoms with van der Waals surface area (Å²) in [4.78, 5) is 32.4. The highest BCUT2D eigenvalue weighted by molar-refractivity contribution is 7.17. The molecule has 0 bridgehead atoms. The fraction of sp³-hybridized carbons (Fsp3) is 0.292. The number of carbonyl (C=O) groups is 2. The van der Waals surface area contributed by atoms with Crippen LogP contribution >= 0.6 is 22.9 Å². The summed E-state index contributed by atoms with van der Waals surface area (Å²) in [5.41, 5.74) is 9.17. The van der Waals surface area contributed by atoms with Gasteiger partial charge in [0.15, 0.2) is 0 Å². The van der Waals surface area contributed by atoms with E-state index in [1.165, 1.54) is 18.4 Å². The van der Waals surface area contributed by atoms with E-state index in [1.807, 2.05) is 37.3 Å². The number of thiazole rings is 1. The number of esters is 1. The van der Waals surface area contributed by atoms with Crippen LogP contribution in [0.4, 0.5) is 11.4 Å². The molecule has 2 heterocycles. The van der Waals surface area contributed by atoms with Crippen molar-refractivity contribution in [2.24, 2.45) is 0 Å². The van der Waals surface area contributed by atoms with E-state index in [-0.39, 0.29) is 11.9 Å². The first kappa shape index (κ1) is 23.1. The minimum Gasteiger partial charge on any atom is -0.465 e. The molecule has 1 aliphatic heterocycles. The number of carbonyl (C=O) groups excluding carboxylic acids is 2. The van der Waals surface area contributed by atoms with Crippen molar-refractivity contribution in [1.82, 2.24) is 10.3 Å². The van der Waals surface area contributed by atoms with Gasteiger partial charge in [0.05, 0.1) is 18.4 Å². The van der Waals surface area contributed by atoms with Crippen LogP contribution in [-0.4, -0.2) is 43.1 Å². The molecule has 33 heavy (non-hydrogen) atoms. The number of nitrogen functional groups attached to an aromatic ring is 1. The highest BCUT2D eigenvalue weighted by Gasteiger charge is 2.25. The van der Waals surface area contributed by atoms with Crippen LogP contribution in [0.25, 0.3) is 10.6 Å². The number of amides is 1. The van der Waals surface area contributed by atoms with Crippen molar-refractivity contribution < 1.29 is 14.3 Å². The number of hydrogen-bond acceptors (Lipinski definition) is 7. The monoisotopic (exact) mass is 484 g/mol. The number of nitrogens with one attached hydrogen (secondary N) is 1. The van der Waals surface area contributed by atoms with Crippen molar-refractivity contribution in [1.29, 1.82) is 0 Å². The van der Waals surface area contributed by atoms with Gasteiger partial charge < -0.3 is 20.7 Å². The van der Waals surface area contributed by atoms with Gasteiger partial charge >= 0.3 is 5.97 Å². The lowest BCUT2D eigenvalue weighted by atomic mass is 10.0. The maximum atomic E-state index is 13.0. The Morgan fingerprint density at radius 2 is 2.00 bits per heavy atom. The number of benzene rings is 2. The molecule has 0 spiro atoms. The van der Waals surface area contributed by atoms with E-state index in [0.29, 0.717) is 33.4 Å². The molecule has 3 N–H and O–H groups in total. The molecule has 1 aromatic heterocycles. The third kappa shape index (κ3) is 5.12. The summed E-state index contributed by atoms with van der Waals surface area (Å²) in [6.45, 7) is 3.32. The van der Waals surface area contributed by atoms with Crippen LogP contribution in [0.15, 0.2) is 42.5 Å². The highest BCUT2D eigenvalue weighted by Crippen LogP contribution is 2.29. The lowest BCUT2D eigenvalue weighted by molar-refractivity contribution is 0.0602. The number of ether oxygens (including phenoxy) is 1. The van der Waals surface area contributed by atoms with E-state index in [2.05, 4.69) is 15.2 Å². The minimum absolute atomic E-state index is 0.0224. The fourth-order valence-corrected chi connectivity index (χ4v) is 5.03. The highest BCUT2D eigenvalue weighted by atomic mass is 35.5. The summed E-state index contributed by atoms with van der Waals surface area (Å²) in [5, 5.41) is 4.61. The van der Waals surface area contributed by atoms with Gasteiger partial charge in [-0.2, -0.15) is 0 Å². The van der Waals surface area contributed by atoms with E-state index in [0.717, 1.165) is 35.6 Å². The lowest BCUT2D eigenvalue weighted by Gasteiger charge is -2.35. The number of hydrogen-bond donors (Lipinski definition) is 2. The first-order valence-electron chi connectivity index (χ1n) is 10.6. The number of halogens is 1. The molecule has 3 aromatic rings. The summed E-state index contributed by atoms with van der Waals surface area (Å²) in [7, 11) is 1.33. The molecular formula is C24H25ClN4O3S. The molecular weight excluding hydrogens is 460 g/mol. The van der Waals surface area contributed by atoms with Gasteiger partial charge in [0, 0.05) is 41.1 Å². The van der Waals surface area contributed by atoms with E-state index in [1.54, 1.807) is 12.1 Å². The van der Waals surface area contributed by atoms with Crippen LogP contribution in [0.5, 0.6) is 0 Å². The number of aryl methyl sites for hydroxylation is 1. The smallest absolute Gasteiger partial charge is 0.340 e. The Balaban J connectivity index is 1.46. The Kier molecular flexibility index (Phi) is 6.85. The van der Waals surface area contributed by atoms with Crippen molar-refractivity contribution in [3.05, 3.63) is 63.6 Å². The van der Waals surface area contributed by atoms with Gasteiger partial charge in [-0.3, -0.25) is 4.79 Å². The third-order valence-electron chi connectivity index (χ3n) is 5.66. The number of aromatic nitrogens is 1. The minimum atomic E-state index is -0.464. The first-order valence-corrected chi connectivity index (χ1v) is 11.8. The molecule has 1 saturated heterocycles. The molecule has 1 unspecified atom stereocenters. The van der Waals surface area contributed by atoms with E-state index in [9.17, 15) is 9.59 Å². The molecule has 0 radical (unpaired) electrons. The van der Waals surface area contributed by atoms with Crippen LogP contribution in [0.2, 0.25) is 5.02 Å². The van der Waals surface area contributed by atoms with Crippen LogP contribution < -0.4 is 16.0 Å². The summed E-state index contributed by atoms with van der Waals surface area (Å²) in [5.74, 6) is -0.585. The lowest BCUT2D eigenvalue weighted by Crippen LogP contribution is -2.47. The summed E-state index contributed by atoms with van der Waals surface area (Å²) < 4.78 is 4.83. The van der Waals surface area contributed by atoms with Gasteiger partial charge in [-0.25, -0.2) is 9.78 Å². The fourth-order valence-electron chi connectivity index (χ4n) is 3.93. The molecule has 172 valence electrons. The van der Waals surface area contributed by atoms with Crippen molar-refractivity contribution in [2.45, 2.75) is 25.8 Å². The average Bonchev–Trinajstić information content (AvgIpc) is 3.21. The number of nitrogens with zero attached hydrogens (tertiary/aromatic N) is 2. The van der Waals surface area contributed by atoms with Crippen LogP contribution in [0.3, 0.4) is 0 Å². The predicted octanol–water partition coefficient (Wildman–Crippen LogP) is 4.54. The van der Waals surface area contributed by atoms with Gasteiger partial charge in [-0.1, -0.05) is 23.7 Å². The second-order valence-corrected chi connectivity index (χ2v) is 9.40. The number of anilines is 2. The molecule has 7 nitrogen and oxygen atoms in total. The van der Waals surface area contributed by atoms with Crippen LogP contribution in [-0.2, 0) is 4.74 Å². The number of piperidine rings is 1. The second kappa shape index (κ2) is 9.80. The first-order chi connectivity index (χ1) is 15.9. The standard InChI is InChI=1S/C24H25ClN4O3S/c1-14-21(33-23(27-14)15-5-7-16(25)8-6-15)22(30)28-17-4-3-11-29(13-17)18-9-10-20(26)19(12-18)24(31)32-2/h5-10,12,17H,3-4,11,13,26H2,1-2H3,(H,28,30). The Morgan fingerprint density at radius 1 is 1.24 bits per heavy atom. The Bertz CT molecular complexity index is 1180. The molecule has 1 amide bonds. The molecule has 1 fully saturated rings. The zero-order chi connectivity index (χ0) is 23.5. The van der Waals surface area contributed by atoms with Gasteiger partial charge in [0.1, 0.15) is 9.88 Å². The molecule has 0 aliphatic carbocycles. The van der Waals surface area contributed by atoms with Crippen LogP contribution in [0.1, 0.15) is 38.6 Å². The predicted molar refractivity (Wildman–Crippen MR) is 132 cm³/mol. The van der Waals surface area contributed by atoms with Gasteiger partial charge in [-0.15, -0.1) is 11.3 Å². The maximum absolute atomic E-state index is 13.0. The Morgan fingerprint density at radius 3 is 2.73 bits per heavy atom. The molecule has 1 aliphatic rings.